The third kappa shape index (κ3) is 8.06. The van der Waals surface area contributed by atoms with Gasteiger partial charge in [0.2, 0.25) is 0 Å². The molecule has 0 rings (SSSR count). The molecule has 0 amide bonds. The Morgan fingerprint density at radius 2 is 2.14 bits per heavy atom. The van der Waals surface area contributed by atoms with Crippen molar-refractivity contribution in [3.05, 3.63) is 0 Å². The molecule has 0 aliphatic heterocycles. The predicted molar refractivity (Wildman–Crippen MR) is 58.2 cm³/mol. The van der Waals surface area contributed by atoms with E-state index < -0.39 is 0 Å². The number of hydrogen-bond donors (Lipinski definition) is 1. The summed E-state index contributed by atoms with van der Waals surface area (Å²) in [6, 6.07) is 0.396. The lowest BCUT2D eigenvalue weighted by atomic mass is 10.2. The second-order valence-corrected chi connectivity index (χ2v) is 3.02. The summed E-state index contributed by atoms with van der Waals surface area (Å²) >= 11 is 0. The van der Waals surface area contributed by atoms with Crippen molar-refractivity contribution in [2.24, 2.45) is 0 Å². The Morgan fingerprint density at radius 1 is 1.36 bits per heavy atom. The smallest absolute Gasteiger partial charge is 0.0701 e. The zero-order valence-corrected chi connectivity index (χ0v) is 9.43. The summed E-state index contributed by atoms with van der Waals surface area (Å²) in [5, 5.41) is 3.20. The highest BCUT2D eigenvalue weighted by Crippen LogP contribution is 1.96. The molecule has 0 aliphatic carbocycles. The largest absolute Gasteiger partial charge is 0.382 e. The van der Waals surface area contributed by atoms with E-state index in [9.17, 15) is 0 Å². The number of ether oxygens (including phenoxy) is 2. The number of nitrogens with one attached hydrogen (secondary N) is 1. The first-order valence-corrected chi connectivity index (χ1v) is 4.98. The molecule has 0 aromatic heterocycles. The lowest BCUT2D eigenvalue weighted by molar-refractivity contribution is 0.0588. The molecule has 3 heteroatoms. The molecular weight excluding hydrogens is 178 g/mol. The SMILES string of the molecule is CC#CCCC(COCCOC)NC. The van der Waals surface area contributed by atoms with Gasteiger partial charge in [0.05, 0.1) is 19.8 Å². The Morgan fingerprint density at radius 3 is 2.71 bits per heavy atom. The molecule has 0 aliphatic rings. The van der Waals surface area contributed by atoms with Gasteiger partial charge in [0.25, 0.3) is 0 Å². The van der Waals surface area contributed by atoms with E-state index in [2.05, 4.69) is 17.2 Å². The lowest BCUT2D eigenvalue weighted by Gasteiger charge is -2.14. The summed E-state index contributed by atoms with van der Waals surface area (Å²) in [7, 11) is 3.62. The fourth-order valence-corrected chi connectivity index (χ4v) is 1.05. The molecule has 0 aromatic carbocycles. The highest BCUT2D eigenvalue weighted by Gasteiger charge is 2.04. The molecule has 14 heavy (non-hydrogen) atoms. The van der Waals surface area contributed by atoms with Crippen LogP contribution in [0.15, 0.2) is 0 Å². The Hall–Kier alpha value is -0.560. The van der Waals surface area contributed by atoms with Crippen molar-refractivity contribution < 1.29 is 9.47 Å². The van der Waals surface area contributed by atoms with Crippen LogP contribution in [-0.4, -0.2) is 40.0 Å². The molecule has 0 bridgehead atoms. The average Bonchev–Trinajstić information content (AvgIpc) is 2.22. The fourth-order valence-electron chi connectivity index (χ4n) is 1.05. The van der Waals surface area contributed by atoms with E-state index in [4.69, 9.17) is 9.47 Å². The minimum atomic E-state index is 0.396. The summed E-state index contributed by atoms with van der Waals surface area (Å²) in [6.45, 7) is 3.91. The summed E-state index contributed by atoms with van der Waals surface area (Å²) < 4.78 is 10.3. The van der Waals surface area contributed by atoms with E-state index in [1.165, 1.54) is 0 Å². The number of rotatable bonds is 8. The molecule has 82 valence electrons. The Balaban J connectivity index is 3.41. The van der Waals surface area contributed by atoms with Crippen molar-refractivity contribution >= 4 is 0 Å². The molecule has 0 saturated carbocycles. The molecule has 0 aromatic rings. The minimum absolute atomic E-state index is 0.396. The molecule has 0 fully saturated rings. The summed E-state index contributed by atoms with van der Waals surface area (Å²) in [6.07, 6.45) is 1.96. The van der Waals surface area contributed by atoms with Crippen LogP contribution in [0.5, 0.6) is 0 Å². The second kappa shape index (κ2) is 10.5. The van der Waals surface area contributed by atoms with Gasteiger partial charge < -0.3 is 14.8 Å². The molecule has 0 heterocycles. The van der Waals surface area contributed by atoms with Crippen molar-refractivity contribution in [3.63, 3.8) is 0 Å². The normalized spacial score (nSPS) is 11.9. The second-order valence-electron chi connectivity index (χ2n) is 3.02. The molecular formula is C11H21NO2. The monoisotopic (exact) mass is 199 g/mol. The van der Waals surface area contributed by atoms with Crippen LogP contribution in [0.25, 0.3) is 0 Å². The molecule has 1 unspecified atom stereocenters. The minimum Gasteiger partial charge on any atom is -0.382 e. The summed E-state index contributed by atoms with van der Waals surface area (Å²) in [5.41, 5.74) is 0. The van der Waals surface area contributed by atoms with Gasteiger partial charge in [-0.3, -0.25) is 0 Å². The van der Waals surface area contributed by atoms with Gasteiger partial charge >= 0.3 is 0 Å². The first kappa shape index (κ1) is 13.4. The van der Waals surface area contributed by atoms with Crippen LogP contribution in [-0.2, 0) is 9.47 Å². The standard InChI is InChI=1S/C11H21NO2/c1-4-5-6-7-11(12-2)10-14-9-8-13-3/h11-12H,6-10H2,1-3H3. The predicted octanol–water partition coefficient (Wildman–Crippen LogP) is 1.04. The van der Waals surface area contributed by atoms with Crippen molar-refractivity contribution in [3.8, 4) is 11.8 Å². The van der Waals surface area contributed by atoms with Gasteiger partial charge in [-0.2, -0.15) is 0 Å². The molecule has 0 radical (unpaired) electrons. The number of hydrogen-bond acceptors (Lipinski definition) is 3. The summed E-state index contributed by atoms with van der Waals surface area (Å²) in [5.74, 6) is 5.93. The zero-order valence-electron chi connectivity index (χ0n) is 9.43. The maximum atomic E-state index is 5.42. The maximum Gasteiger partial charge on any atom is 0.0701 e. The highest BCUT2D eigenvalue weighted by molar-refractivity contribution is 4.95. The van der Waals surface area contributed by atoms with Crippen LogP contribution in [0.4, 0.5) is 0 Å². The third-order valence-corrected chi connectivity index (χ3v) is 1.95. The van der Waals surface area contributed by atoms with Crippen molar-refractivity contribution in [2.45, 2.75) is 25.8 Å². The van der Waals surface area contributed by atoms with Gasteiger partial charge in [-0.1, -0.05) is 0 Å². The Bertz CT molecular complexity index is 172. The molecule has 0 saturated heterocycles. The van der Waals surface area contributed by atoms with E-state index >= 15 is 0 Å². The van der Waals surface area contributed by atoms with Crippen LogP contribution < -0.4 is 5.32 Å². The molecule has 3 nitrogen and oxygen atoms in total. The van der Waals surface area contributed by atoms with Crippen LogP contribution in [0, 0.1) is 11.8 Å². The van der Waals surface area contributed by atoms with Gasteiger partial charge in [-0.15, -0.1) is 11.8 Å². The van der Waals surface area contributed by atoms with E-state index in [1.54, 1.807) is 7.11 Å². The van der Waals surface area contributed by atoms with Crippen LogP contribution in [0.1, 0.15) is 19.8 Å². The summed E-state index contributed by atoms with van der Waals surface area (Å²) in [4.78, 5) is 0. The van der Waals surface area contributed by atoms with Gasteiger partial charge in [0.1, 0.15) is 0 Å². The van der Waals surface area contributed by atoms with Crippen LogP contribution in [0.3, 0.4) is 0 Å². The molecule has 0 spiro atoms. The Labute approximate surface area is 87.2 Å². The lowest BCUT2D eigenvalue weighted by Crippen LogP contribution is -2.30. The topological polar surface area (TPSA) is 30.5 Å². The fraction of sp³-hybridized carbons (Fsp3) is 0.818. The van der Waals surface area contributed by atoms with Crippen LogP contribution in [0.2, 0.25) is 0 Å². The Kier molecular flexibility index (Phi) is 10.1. The van der Waals surface area contributed by atoms with E-state index in [0.717, 1.165) is 19.4 Å². The van der Waals surface area contributed by atoms with Gasteiger partial charge in [-0.25, -0.2) is 0 Å². The average molecular weight is 199 g/mol. The van der Waals surface area contributed by atoms with Crippen molar-refractivity contribution in [1.82, 2.24) is 5.32 Å². The van der Waals surface area contributed by atoms with Gasteiger partial charge in [0, 0.05) is 19.6 Å². The van der Waals surface area contributed by atoms with E-state index in [1.807, 2.05) is 14.0 Å². The zero-order chi connectivity index (χ0) is 10.6. The first-order valence-electron chi connectivity index (χ1n) is 4.98. The molecule has 1 atom stereocenters. The molecule has 1 N–H and O–H groups in total. The van der Waals surface area contributed by atoms with Crippen molar-refractivity contribution in [2.75, 3.05) is 34.0 Å². The van der Waals surface area contributed by atoms with Gasteiger partial charge in [-0.05, 0) is 20.4 Å². The van der Waals surface area contributed by atoms with Crippen LogP contribution >= 0.6 is 0 Å². The van der Waals surface area contributed by atoms with Crippen molar-refractivity contribution in [1.29, 1.82) is 0 Å². The highest BCUT2D eigenvalue weighted by atomic mass is 16.5. The number of likely N-dealkylation sites (N-methyl/N-ethyl adjacent to an activating group) is 1. The first-order chi connectivity index (χ1) is 6.85. The number of methoxy groups -OCH3 is 1. The quantitative estimate of drug-likeness (QED) is 0.468. The third-order valence-electron chi connectivity index (χ3n) is 1.95. The van der Waals surface area contributed by atoms with Gasteiger partial charge in [0.15, 0.2) is 0 Å². The van der Waals surface area contributed by atoms with E-state index in [0.29, 0.717) is 19.3 Å². The van der Waals surface area contributed by atoms with E-state index in [-0.39, 0.29) is 0 Å². The maximum absolute atomic E-state index is 5.42.